The predicted molar refractivity (Wildman–Crippen MR) is 65.0 cm³/mol. The largest absolute Gasteiger partial charge is 0.391 e. The van der Waals surface area contributed by atoms with Crippen LogP contribution >= 0.6 is 35.0 Å². The number of hydrogen-bond acceptors (Lipinski definition) is 2. The minimum Gasteiger partial charge on any atom is -0.391 e. The first-order valence-corrected chi connectivity index (χ1v) is 4.88. The topological polar surface area (TPSA) is 46.2 Å². The molecule has 13 heavy (non-hydrogen) atoms. The van der Waals surface area contributed by atoms with Gasteiger partial charge < -0.3 is 10.8 Å². The van der Waals surface area contributed by atoms with Crippen LogP contribution in [0.1, 0.15) is 18.5 Å². The van der Waals surface area contributed by atoms with Gasteiger partial charge in [0.2, 0.25) is 0 Å². The van der Waals surface area contributed by atoms with Crippen LogP contribution in [0.4, 0.5) is 0 Å². The third-order valence-electron chi connectivity index (χ3n) is 1.75. The van der Waals surface area contributed by atoms with Crippen molar-refractivity contribution in [2.45, 2.75) is 19.1 Å². The first-order valence-electron chi connectivity index (χ1n) is 3.80. The molecule has 0 bridgehead atoms. The molecule has 0 aliphatic carbocycles. The SMILES string of the molecule is C[C@@H](O)[C@@H](N)c1cccc(I)c1.Cl. The van der Waals surface area contributed by atoms with E-state index in [1.165, 1.54) is 0 Å². The van der Waals surface area contributed by atoms with Crippen LogP contribution in [-0.2, 0) is 0 Å². The number of nitrogens with two attached hydrogens (primary N) is 1. The summed E-state index contributed by atoms with van der Waals surface area (Å²) in [7, 11) is 0. The van der Waals surface area contributed by atoms with Gasteiger partial charge in [0.05, 0.1) is 12.1 Å². The van der Waals surface area contributed by atoms with Crippen molar-refractivity contribution in [1.29, 1.82) is 0 Å². The van der Waals surface area contributed by atoms with E-state index in [2.05, 4.69) is 22.6 Å². The average molecular weight is 314 g/mol. The Hall–Kier alpha value is 0.160. The van der Waals surface area contributed by atoms with Gasteiger partial charge in [-0.15, -0.1) is 12.4 Å². The van der Waals surface area contributed by atoms with Crippen molar-refractivity contribution >= 4 is 35.0 Å². The Labute approximate surface area is 98.1 Å². The Kier molecular flexibility index (Phi) is 5.87. The molecule has 0 fully saturated rings. The summed E-state index contributed by atoms with van der Waals surface area (Å²) >= 11 is 2.22. The number of hydrogen-bond donors (Lipinski definition) is 2. The second-order valence-corrected chi connectivity index (χ2v) is 4.07. The van der Waals surface area contributed by atoms with Gasteiger partial charge >= 0.3 is 0 Å². The predicted octanol–water partition coefficient (Wildman–Crippen LogP) is 2.09. The van der Waals surface area contributed by atoms with E-state index in [4.69, 9.17) is 5.73 Å². The minimum absolute atomic E-state index is 0. The Bertz CT molecular complexity index is 268. The number of aliphatic hydroxyl groups is 1. The first kappa shape index (κ1) is 13.2. The summed E-state index contributed by atoms with van der Waals surface area (Å²) in [6, 6.07) is 7.58. The van der Waals surface area contributed by atoms with E-state index < -0.39 is 6.10 Å². The molecule has 2 nitrogen and oxygen atoms in total. The van der Waals surface area contributed by atoms with Crippen LogP contribution in [0.3, 0.4) is 0 Å². The third kappa shape index (κ3) is 3.81. The van der Waals surface area contributed by atoms with Crippen molar-refractivity contribution in [3.8, 4) is 0 Å². The summed E-state index contributed by atoms with van der Waals surface area (Å²) in [6.45, 7) is 1.70. The molecule has 0 saturated heterocycles. The Morgan fingerprint density at radius 3 is 2.54 bits per heavy atom. The Morgan fingerprint density at radius 2 is 2.08 bits per heavy atom. The van der Waals surface area contributed by atoms with Crippen molar-refractivity contribution in [2.75, 3.05) is 0 Å². The maximum Gasteiger partial charge on any atom is 0.0704 e. The number of benzene rings is 1. The summed E-state index contributed by atoms with van der Waals surface area (Å²) in [5.74, 6) is 0. The van der Waals surface area contributed by atoms with E-state index >= 15 is 0 Å². The molecule has 4 heteroatoms. The fraction of sp³-hybridized carbons (Fsp3) is 0.333. The highest BCUT2D eigenvalue weighted by Gasteiger charge is 2.11. The van der Waals surface area contributed by atoms with Gasteiger partial charge in [0.25, 0.3) is 0 Å². The zero-order valence-corrected chi connectivity index (χ0v) is 10.2. The summed E-state index contributed by atoms with van der Waals surface area (Å²) in [5, 5.41) is 9.24. The molecular weight excluding hydrogens is 300 g/mol. The fourth-order valence-electron chi connectivity index (χ4n) is 0.992. The van der Waals surface area contributed by atoms with Gasteiger partial charge in [-0.1, -0.05) is 12.1 Å². The van der Waals surface area contributed by atoms with E-state index in [9.17, 15) is 5.11 Å². The lowest BCUT2D eigenvalue weighted by Crippen LogP contribution is -2.23. The van der Waals surface area contributed by atoms with Crippen molar-refractivity contribution in [3.05, 3.63) is 33.4 Å². The standard InChI is InChI=1S/C9H12INO.ClH/c1-6(12)9(11)7-3-2-4-8(10)5-7;/h2-6,9,12H,11H2,1H3;1H/t6-,9-;/m1./s1. The zero-order valence-electron chi connectivity index (χ0n) is 7.27. The van der Waals surface area contributed by atoms with Gasteiger partial charge in [-0.25, -0.2) is 0 Å². The lowest BCUT2D eigenvalue weighted by molar-refractivity contribution is 0.164. The van der Waals surface area contributed by atoms with Crippen LogP contribution in [0.25, 0.3) is 0 Å². The van der Waals surface area contributed by atoms with Crippen molar-refractivity contribution in [1.82, 2.24) is 0 Å². The summed E-state index contributed by atoms with van der Waals surface area (Å²) < 4.78 is 1.14. The van der Waals surface area contributed by atoms with E-state index in [1.807, 2.05) is 24.3 Å². The number of rotatable bonds is 2. The molecule has 1 aromatic rings. The molecule has 1 aromatic carbocycles. The number of halogens is 2. The molecule has 0 spiro atoms. The molecule has 0 aromatic heterocycles. The van der Waals surface area contributed by atoms with E-state index in [-0.39, 0.29) is 18.4 Å². The molecule has 2 atom stereocenters. The lowest BCUT2D eigenvalue weighted by atomic mass is 10.0. The van der Waals surface area contributed by atoms with Gasteiger partial charge in [-0.05, 0) is 47.2 Å². The monoisotopic (exact) mass is 313 g/mol. The van der Waals surface area contributed by atoms with Crippen LogP contribution in [0.15, 0.2) is 24.3 Å². The summed E-state index contributed by atoms with van der Waals surface area (Å²) in [5.41, 5.74) is 6.74. The first-order chi connectivity index (χ1) is 5.61. The van der Waals surface area contributed by atoms with Crippen LogP contribution < -0.4 is 5.73 Å². The molecule has 0 unspecified atom stereocenters. The molecule has 0 heterocycles. The third-order valence-corrected chi connectivity index (χ3v) is 2.42. The van der Waals surface area contributed by atoms with Gasteiger partial charge in [-0.3, -0.25) is 0 Å². The molecule has 1 rings (SSSR count). The molecule has 0 radical (unpaired) electrons. The lowest BCUT2D eigenvalue weighted by Gasteiger charge is -2.14. The second-order valence-electron chi connectivity index (χ2n) is 2.82. The average Bonchev–Trinajstić information content (AvgIpc) is 2.03. The van der Waals surface area contributed by atoms with Crippen LogP contribution in [0.2, 0.25) is 0 Å². The zero-order chi connectivity index (χ0) is 9.14. The quantitative estimate of drug-likeness (QED) is 0.821. The minimum atomic E-state index is -0.497. The van der Waals surface area contributed by atoms with Crippen LogP contribution in [0, 0.1) is 3.57 Å². The van der Waals surface area contributed by atoms with Gasteiger partial charge in [0, 0.05) is 3.57 Å². The van der Waals surface area contributed by atoms with E-state index in [0.29, 0.717) is 0 Å². The molecule has 0 amide bonds. The van der Waals surface area contributed by atoms with Gasteiger partial charge in [0.1, 0.15) is 0 Å². The highest BCUT2D eigenvalue weighted by molar-refractivity contribution is 14.1. The van der Waals surface area contributed by atoms with Gasteiger partial charge in [-0.2, -0.15) is 0 Å². The van der Waals surface area contributed by atoms with Crippen molar-refractivity contribution < 1.29 is 5.11 Å². The van der Waals surface area contributed by atoms with E-state index in [0.717, 1.165) is 9.13 Å². The Balaban J connectivity index is 0.00000144. The molecule has 0 aliphatic heterocycles. The highest BCUT2D eigenvalue weighted by Crippen LogP contribution is 2.16. The normalized spacial score (nSPS) is 14.5. The molecule has 3 N–H and O–H groups in total. The van der Waals surface area contributed by atoms with Gasteiger partial charge in [0.15, 0.2) is 0 Å². The van der Waals surface area contributed by atoms with Crippen LogP contribution in [0.5, 0.6) is 0 Å². The smallest absolute Gasteiger partial charge is 0.0704 e. The molecular formula is C9H13ClINO. The maximum atomic E-state index is 9.24. The molecule has 74 valence electrons. The highest BCUT2D eigenvalue weighted by atomic mass is 127. The summed E-state index contributed by atoms with van der Waals surface area (Å²) in [6.07, 6.45) is -0.497. The Morgan fingerprint density at radius 1 is 1.46 bits per heavy atom. The van der Waals surface area contributed by atoms with Crippen molar-refractivity contribution in [3.63, 3.8) is 0 Å². The second kappa shape index (κ2) is 5.80. The number of aliphatic hydroxyl groups excluding tert-OH is 1. The molecule has 0 aliphatic rings. The maximum absolute atomic E-state index is 9.24. The van der Waals surface area contributed by atoms with Crippen LogP contribution in [-0.4, -0.2) is 11.2 Å². The van der Waals surface area contributed by atoms with E-state index in [1.54, 1.807) is 6.92 Å². The molecule has 0 saturated carbocycles. The summed E-state index contributed by atoms with van der Waals surface area (Å²) in [4.78, 5) is 0. The fourth-order valence-corrected chi connectivity index (χ4v) is 1.56. The van der Waals surface area contributed by atoms with Crippen molar-refractivity contribution in [2.24, 2.45) is 5.73 Å².